The number of aryl methyl sites for hydroxylation is 1. The Kier molecular flexibility index (Phi) is 11.0. The first-order valence-corrected chi connectivity index (χ1v) is 15.8. The van der Waals surface area contributed by atoms with Crippen LogP contribution in [0.15, 0.2) is 42.5 Å². The molecule has 0 bridgehead atoms. The van der Waals surface area contributed by atoms with E-state index >= 15 is 0 Å². The van der Waals surface area contributed by atoms with E-state index in [2.05, 4.69) is 17.1 Å². The minimum Gasteiger partial charge on any atom is -0.478 e. The molecule has 0 radical (unpaired) electrons. The van der Waals surface area contributed by atoms with Crippen molar-refractivity contribution in [1.82, 2.24) is 15.1 Å². The van der Waals surface area contributed by atoms with Crippen molar-refractivity contribution in [2.75, 3.05) is 19.6 Å². The number of amides is 2. The SMILES string of the molecule is CCCCN1C(=O)[C@@H](CC2(O)CCCCC2)NC(=O)C12CCN(Cc1ccc(Oc3ccc(C(=O)O)cc3C)cc1)CC2.Cl. The monoisotopic (exact) mass is 627 g/mol. The van der Waals surface area contributed by atoms with E-state index in [-0.39, 0.29) is 29.8 Å². The number of carboxylic acid groups (broad SMARTS) is 1. The highest BCUT2D eigenvalue weighted by atomic mass is 35.5. The van der Waals surface area contributed by atoms with Gasteiger partial charge in [0.1, 0.15) is 23.1 Å². The molecule has 3 N–H and O–H groups in total. The molecule has 240 valence electrons. The first-order valence-electron chi connectivity index (χ1n) is 15.8. The molecule has 3 fully saturated rings. The van der Waals surface area contributed by atoms with Crippen LogP contribution in [0.5, 0.6) is 11.5 Å². The molecule has 9 nitrogen and oxygen atoms in total. The van der Waals surface area contributed by atoms with Crippen molar-refractivity contribution >= 4 is 30.2 Å². The lowest BCUT2D eigenvalue weighted by molar-refractivity contribution is -0.163. The van der Waals surface area contributed by atoms with Crippen molar-refractivity contribution in [2.45, 2.75) is 102 Å². The summed E-state index contributed by atoms with van der Waals surface area (Å²) in [7, 11) is 0. The van der Waals surface area contributed by atoms with Gasteiger partial charge in [0.15, 0.2) is 0 Å². The van der Waals surface area contributed by atoms with Crippen molar-refractivity contribution < 1.29 is 29.3 Å². The van der Waals surface area contributed by atoms with Crippen molar-refractivity contribution in [2.24, 2.45) is 0 Å². The summed E-state index contributed by atoms with van der Waals surface area (Å²) < 4.78 is 5.99. The van der Waals surface area contributed by atoms with Crippen LogP contribution in [-0.2, 0) is 16.1 Å². The van der Waals surface area contributed by atoms with Crippen LogP contribution in [0.2, 0.25) is 0 Å². The van der Waals surface area contributed by atoms with E-state index < -0.39 is 23.2 Å². The van der Waals surface area contributed by atoms with Crippen LogP contribution in [0, 0.1) is 6.92 Å². The number of piperidine rings is 1. The summed E-state index contributed by atoms with van der Waals surface area (Å²) in [5, 5.41) is 23.4. The fourth-order valence-corrected chi connectivity index (χ4v) is 6.97. The molecule has 0 unspecified atom stereocenters. The summed E-state index contributed by atoms with van der Waals surface area (Å²) in [5.41, 5.74) is 0.389. The number of likely N-dealkylation sites (tertiary alicyclic amines) is 1. The molecule has 2 aromatic rings. The van der Waals surface area contributed by atoms with Crippen LogP contribution in [0.3, 0.4) is 0 Å². The quantitative estimate of drug-likeness (QED) is 0.320. The second-order valence-electron chi connectivity index (χ2n) is 12.7. The Bertz CT molecular complexity index is 1320. The zero-order valence-corrected chi connectivity index (χ0v) is 26.7. The third-order valence-electron chi connectivity index (χ3n) is 9.57. The highest BCUT2D eigenvalue weighted by molar-refractivity contribution is 6.00. The molecule has 2 saturated heterocycles. The van der Waals surface area contributed by atoms with E-state index in [4.69, 9.17) is 4.74 Å². The number of nitrogens with one attached hydrogen (secondary N) is 1. The number of aromatic carboxylic acids is 1. The van der Waals surface area contributed by atoms with E-state index in [9.17, 15) is 24.6 Å². The molecular formula is C34H46ClN3O6. The largest absolute Gasteiger partial charge is 0.478 e. The minimum atomic E-state index is -0.967. The van der Waals surface area contributed by atoms with Crippen molar-refractivity contribution in [1.29, 1.82) is 0 Å². The van der Waals surface area contributed by atoms with Crippen LogP contribution in [0.25, 0.3) is 0 Å². The van der Waals surface area contributed by atoms with Crippen LogP contribution in [0.4, 0.5) is 0 Å². The fourth-order valence-electron chi connectivity index (χ4n) is 6.97. The molecule has 1 spiro atoms. The van der Waals surface area contributed by atoms with Crippen molar-refractivity contribution in [3.63, 3.8) is 0 Å². The van der Waals surface area contributed by atoms with E-state index in [1.54, 1.807) is 12.1 Å². The highest BCUT2D eigenvalue weighted by Gasteiger charge is 2.54. The molecule has 2 heterocycles. The Morgan fingerprint density at radius 1 is 1.02 bits per heavy atom. The number of hydrogen-bond donors (Lipinski definition) is 3. The molecule has 5 rings (SSSR count). The molecule has 2 amide bonds. The Morgan fingerprint density at radius 3 is 2.32 bits per heavy atom. The number of benzene rings is 2. The van der Waals surface area contributed by atoms with Crippen LogP contribution in [-0.4, -0.2) is 74.6 Å². The lowest BCUT2D eigenvalue weighted by Gasteiger charge is -2.52. The third kappa shape index (κ3) is 7.38. The number of nitrogens with zero attached hydrogens (tertiary/aromatic N) is 2. The zero-order valence-electron chi connectivity index (χ0n) is 25.8. The second-order valence-corrected chi connectivity index (χ2v) is 12.7. The molecule has 1 aliphatic carbocycles. The van der Waals surface area contributed by atoms with Gasteiger partial charge in [0.25, 0.3) is 0 Å². The zero-order chi connectivity index (χ0) is 30.6. The average molecular weight is 628 g/mol. The third-order valence-corrected chi connectivity index (χ3v) is 9.57. The van der Waals surface area contributed by atoms with Gasteiger partial charge in [-0.1, -0.05) is 44.7 Å². The molecule has 0 aromatic heterocycles. The average Bonchev–Trinajstić information content (AvgIpc) is 2.99. The van der Waals surface area contributed by atoms with Gasteiger partial charge < -0.3 is 25.2 Å². The van der Waals surface area contributed by atoms with Gasteiger partial charge in [-0.2, -0.15) is 0 Å². The van der Waals surface area contributed by atoms with Crippen LogP contribution in [0.1, 0.15) is 92.6 Å². The molecule has 2 aliphatic heterocycles. The van der Waals surface area contributed by atoms with Gasteiger partial charge in [-0.25, -0.2) is 4.79 Å². The maximum atomic E-state index is 13.8. The van der Waals surface area contributed by atoms with Crippen molar-refractivity contribution in [3.05, 3.63) is 59.2 Å². The summed E-state index contributed by atoms with van der Waals surface area (Å²) in [5.74, 6) is 0.209. The minimum absolute atomic E-state index is 0. The normalized spacial score (nSPS) is 21.4. The summed E-state index contributed by atoms with van der Waals surface area (Å²) in [6.45, 7) is 6.61. The van der Waals surface area contributed by atoms with Gasteiger partial charge in [0.2, 0.25) is 11.8 Å². The Morgan fingerprint density at radius 2 is 1.70 bits per heavy atom. The smallest absolute Gasteiger partial charge is 0.335 e. The number of rotatable bonds is 10. The maximum absolute atomic E-state index is 13.8. The van der Waals surface area contributed by atoms with E-state index in [1.165, 1.54) is 6.07 Å². The Balaban J connectivity index is 0.00000442. The van der Waals surface area contributed by atoms with E-state index in [1.807, 2.05) is 36.1 Å². The van der Waals surface area contributed by atoms with Gasteiger partial charge in [-0.15, -0.1) is 12.4 Å². The van der Waals surface area contributed by atoms with Crippen LogP contribution < -0.4 is 10.1 Å². The summed E-state index contributed by atoms with van der Waals surface area (Å²) in [6, 6.07) is 12.0. The number of ether oxygens (including phenoxy) is 1. The van der Waals surface area contributed by atoms with Crippen LogP contribution >= 0.6 is 12.4 Å². The molecule has 10 heteroatoms. The molecule has 1 atom stereocenters. The first-order chi connectivity index (χ1) is 20.6. The topological polar surface area (TPSA) is 119 Å². The standard InChI is InChI=1S/C34H45N3O6.ClH/c1-3-4-18-37-30(38)28(22-33(42)14-6-5-7-15-33)35-32(41)34(37)16-19-36(20-17-34)23-25-8-11-27(12-9-25)43-29-13-10-26(31(39)40)21-24(29)2;/h8-13,21,28,42H,3-7,14-20,22-23H2,1-2H3,(H,35,41)(H,39,40);1H/t28-;/m1./s1. The van der Waals surface area contributed by atoms with Gasteiger partial charge in [-0.3, -0.25) is 14.5 Å². The highest BCUT2D eigenvalue weighted by Crippen LogP contribution is 2.38. The number of carboxylic acids is 1. The Hall–Kier alpha value is -3.14. The number of carbonyl (C=O) groups excluding carboxylic acids is 2. The van der Waals surface area contributed by atoms with Gasteiger partial charge >= 0.3 is 5.97 Å². The van der Waals surface area contributed by atoms with E-state index in [0.29, 0.717) is 63.2 Å². The Labute approximate surface area is 266 Å². The summed E-state index contributed by atoms with van der Waals surface area (Å²) in [6.07, 6.45) is 7.66. The van der Waals surface area contributed by atoms with Gasteiger partial charge in [0.05, 0.1) is 11.2 Å². The maximum Gasteiger partial charge on any atom is 0.335 e. The predicted octanol–water partition coefficient (Wildman–Crippen LogP) is 5.45. The number of piperazine rings is 1. The number of hydrogen-bond acceptors (Lipinski definition) is 6. The van der Waals surface area contributed by atoms with Gasteiger partial charge in [-0.05, 0) is 80.5 Å². The van der Waals surface area contributed by atoms with E-state index in [0.717, 1.165) is 49.8 Å². The number of carbonyl (C=O) groups is 3. The molecular weight excluding hydrogens is 582 g/mol. The number of unbranched alkanes of at least 4 members (excludes halogenated alkanes) is 1. The van der Waals surface area contributed by atoms with Crippen molar-refractivity contribution in [3.8, 4) is 11.5 Å². The second kappa shape index (κ2) is 14.3. The summed E-state index contributed by atoms with van der Waals surface area (Å²) in [4.78, 5) is 42.9. The number of halogens is 1. The lowest BCUT2D eigenvalue weighted by atomic mass is 9.77. The molecule has 3 aliphatic rings. The first kappa shape index (κ1) is 33.7. The summed E-state index contributed by atoms with van der Waals surface area (Å²) >= 11 is 0. The fraction of sp³-hybridized carbons (Fsp3) is 0.559. The molecule has 1 saturated carbocycles. The van der Waals surface area contributed by atoms with Gasteiger partial charge in [0, 0.05) is 32.6 Å². The molecule has 2 aromatic carbocycles. The number of aliphatic hydroxyl groups is 1. The predicted molar refractivity (Wildman–Crippen MR) is 170 cm³/mol. The lowest BCUT2D eigenvalue weighted by Crippen LogP contribution is -2.73. The molecule has 44 heavy (non-hydrogen) atoms.